The maximum absolute atomic E-state index is 10.5. The number of rotatable bonds is 3. The van der Waals surface area contributed by atoms with Crippen molar-refractivity contribution in [3.63, 3.8) is 0 Å². The molecule has 5 heteroatoms. The van der Waals surface area contributed by atoms with Gasteiger partial charge in [0.25, 0.3) is 10.1 Å². The zero-order valence-corrected chi connectivity index (χ0v) is 8.00. The van der Waals surface area contributed by atoms with E-state index in [-0.39, 0.29) is 5.75 Å². The lowest BCUT2D eigenvalue weighted by molar-refractivity contribution is 0.482. The first-order valence-corrected chi connectivity index (χ1v) is 5.34. The molecule has 1 rings (SSSR count). The van der Waals surface area contributed by atoms with Crippen LogP contribution in [0.4, 0.5) is 5.69 Å². The average Bonchev–Trinajstić information content (AvgIpc) is 2.03. The molecule has 0 aliphatic carbocycles. The van der Waals surface area contributed by atoms with Crippen molar-refractivity contribution in [2.75, 3.05) is 12.4 Å². The predicted molar refractivity (Wildman–Crippen MR) is 51.2 cm³/mol. The topological polar surface area (TPSA) is 66.4 Å². The van der Waals surface area contributed by atoms with Gasteiger partial charge in [-0.25, -0.2) is 0 Å². The lowest BCUT2D eigenvalue weighted by atomic mass is 10.2. The third kappa shape index (κ3) is 3.43. The minimum absolute atomic E-state index is 0.336. The third-order valence-electron chi connectivity index (χ3n) is 1.59. The number of hydrogen-bond donors (Lipinski definition) is 2. The fourth-order valence-corrected chi connectivity index (χ4v) is 1.59. The van der Waals surface area contributed by atoms with Crippen LogP contribution in [0.1, 0.15) is 5.56 Å². The Kier molecular flexibility index (Phi) is 2.90. The van der Waals surface area contributed by atoms with Gasteiger partial charge in [0.15, 0.2) is 0 Å². The van der Waals surface area contributed by atoms with Gasteiger partial charge >= 0.3 is 0 Å². The van der Waals surface area contributed by atoms with Gasteiger partial charge in [0.05, 0.1) is 0 Å². The lowest BCUT2D eigenvalue weighted by Crippen LogP contribution is -2.01. The summed E-state index contributed by atoms with van der Waals surface area (Å²) in [4.78, 5) is 0. The summed E-state index contributed by atoms with van der Waals surface area (Å²) in [5.41, 5.74) is 1.47. The van der Waals surface area contributed by atoms with Crippen LogP contribution in [0.5, 0.6) is 0 Å². The third-order valence-corrected chi connectivity index (χ3v) is 2.29. The molecule has 13 heavy (non-hydrogen) atoms. The van der Waals surface area contributed by atoms with E-state index in [9.17, 15) is 8.42 Å². The van der Waals surface area contributed by atoms with Gasteiger partial charge in [-0.15, -0.1) is 0 Å². The molecule has 0 fully saturated rings. The van der Waals surface area contributed by atoms with Crippen molar-refractivity contribution in [3.05, 3.63) is 29.8 Å². The van der Waals surface area contributed by atoms with Crippen LogP contribution in [-0.2, 0) is 15.9 Å². The van der Waals surface area contributed by atoms with Gasteiger partial charge in [-0.05, 0) is 17.7 Å². The first-order chi connectivity index (χ1) is 6.01. The number of benzene rings is 1. The van der Waals surface area contributed by atoms with Crippen LogP contribution in [0, 0.1) is 0 Å². The van der Waals surface area contributed by atoms with Crippen molar-refractivity contribution in [1.82, 2.24) is 0 Å². The van der Waals surface area contributed by atoms with E-state index in [1.807, 2.05) is 0 Å². The molecular formula is C8H11NO3S. The monoisotopic (exact) mass is 201 g/mol. The molecule has 0 unspecified atom stereocenters. The Morgan fingerprint density at radius 2 is 1.85 bits per heavy atom. The Bertz CT molecular complexity index is 369. The molecule has 0 bridgehead atoms. The first kappa shape index (κ1) is 10.0. The van der Waals surface area contributed by atoms with Crippen molar-refractivity contribution in [2.45, 2.75) is 5.75 Å². The van der Waals surface area contributed by atoms with Crippen molar-refractivity contribution in [2.24, 2.45) is 0 Å². The second-order valence-electron chi connectivity index (χ2n) is 2.67. The Morgan fingerprint density at radius 3 is 2.23 bits per heavy atom. The van der Waals surface area contributed by atoms with Crippen molar-refractivity contribution < 1.29 is 13.0 Å². The highest BCUT2D eigenvalue weighted by Gasteiger charge is 2.05. The molecule has 0 radical (unpaired) electrons. The number of hydrogen-bond acceptors (Lipinski definition) is 3. The molecule has 0 saturated carbocycles. The van der Waals surface area contributed by atoms with Crippen molar-refractivity contribution in [3.8, 4) is 0 Å². The Labute approximate surface area is 77.3 Å². The molecule has 0 aliphatic heterocycles. The summed E-state index contributed by atoms with van der Waals surface area (Å²) in [6.45, 7) is 0. The molecule has 2 N–H and O–H groups in total. The second-order valence-corrected chi connectivity index (χ2v) is 4.13. The lowest BCUT2D eigenvalue weighted by Gasteiger charge is -2.01. The largest absolute Gasteiger partial charge is 0.388 e. The van der Waals surface area contributed by atoms with E-state index < -0.39 is 10.1 Å². The summed E-state index contributed by atoms with van der Waals surface area (Å²) in [7, 11) is -2.14. The van der Waals surface area contributed by atoms with Crippen LogP contribution in [-0.4, -0.2) is 20.0 Å². The molecular weight excluding hydrogens is 190 g/mol. The summed E-state index contributed by atoms with van der Waals surface area (Å²) in [5, 5.41) is 2.91. The molecule has 0 aliphatic rings. The number of nitrogens with one attached hydrogen (secondary N) is 1. The highest BCUT2D eigenvalue weighted by atomic mass is 32.2. The van der Waals surface area contributed by atoms with Crippen LogP contribution >= 0.6 is 0 Å². The summed E-state index contributed by atoms with van der Waals surface area (Å²) < 4.78 is 29.5. The van der Waals surface area contributed by atoms with Gasteiger partial charge in [0, 0.05) is 12.7 Å². The van der Waals surface area contributed by atoms with Gasteiger partial charge in [0.1, 0.15) is 5.75 Å². The van der Waals surface area contributed by atoms with Gasteiger partial charge < -0.3 is 5.32 Å². The molecule has 0 aromatic heterocycles. The molecule has 4 nitrogen and oxygen atoms in total. The molecule has 1 aromatic rings. The zero-order valence-electron chi connectivity index (χ0n) is 7.19. The zero-order chi connectivity index (χ0) is 9.90. The SMILES string of the molecule is CNc1ccc(CS(=O)(=O)O)cc1. The highest BCUT2D eigenvalue weighted by molar-refractivity contribution is 7.85. The van der Waals surface area contributed by atoms with Gasteiger partial charge in [-0.3, -0.25) is 4.55 Å². The van der Waals surface area contributed by atoms with Gasteiger partial charge in [-0.2, -0.15) is 8.42 Å². The van der Waals surface area contributed by atoms with Gasteiger partial charge in [-0.1, -0.05) is 12.1 Å². The Morgan fingerprint density at radius 1 is 1.31 bits per heavy atom. The van der Waals surface area contributed by atoms with Crippen LogP contribution in [0.2, 0.25) is 0 Å². The molecule has 0 amide bonds. The fourth-order valence-electron chi connectivity index (χ4n) is 0.978. The minimum atomic E-state index is -3.92. The summed E-state index contributed by atoms with van der Waals surface area (Å²) >= 11 is 0. The molecule has 0 spiro atoms. The molecule has 0 heterocycles. The first-order valence-electron chi connectivity index (χ1n) is 3.73. The Hall–Kier alpha value is -1.07. The maximum atomic E-state index is 10.5. The van der Waals surface area contributed by atoms with Crippen LogP contribution in [0.25, 0.3) is 0 Å². The summed E-state index contributed by atoms with van der Waals surface area (Å²) in [6, 6.07) is 6.81. The smallest absolute Gasteiger partial charge is 0.269 e. The average molecular weight is 201 g/mol. The van der Waals surface area contributed by atoms with E-state index in [1.165, 1.54) is 0 Å². The molecule has 1 aromatic carbocycles. The van der Waals surface area contributed by atoms with E-state index in [0.717, 1.165) is 5.69 Å². The number of anilines is 1. The van der Waals surface area contributed by atoms with E-state index in [0.29, 0.717) is 5.56 Å². The normalized spacial score (nSPS) is 11.2. The predicted octanol–water partition coefficient (Wildman–Crippen LogP) is 1.12. The summed E-state index contributed by atoms with van der Waals surface area (Å²) in [5.74, 6) is -0.336. The maximum Gasteiger partial charge on any atom is 0.269 e. The van der Waals surface area contributed by atoms with Gasteiger partial charge in [0.2, 0.25) is 0 Å². The van der Waals surface area contributed by atoms with E-state index in [4.69, 9.17) is 4.55 Å². The second kappa shape index (κ2) is 3.76. The molecule has 0 saturated heterocycles. The van der Waals surface area contributed by atoms with Crippen molar-refractivity contribution in [1.29, 1.82) is 0 Å². The minimum Gasteiger partial charge on any atom is -0.388 e. The van der Waals surface area contributed by atoms with E-state index in [2.05, 4.69) is 5.32 Å². The highest BCUT2D eigenvalue weighted by Crippen LogP contribution is 2.10. The standard InChI is InChI=1S/C8H11NO3S/c1-9-8-4-2-7(3-5-8)6-13(10,11)12/h2-5,9H,6H2,1H3,(H,10,11,12). The quantitative estimate of drug-likeness (QED) is 0.719. The summed E-state index contributed by atoms with van der Waals surface area (Å²) in [6.07, 6.45) is 0. The Balaban J connectivity index is 2.81. The van der Waals surface area contributed by atoms with E-state index >= 15 is 0 Å². The van der Waals surface area contributed by atoms with E-state index in [1.54, 1.807) is 31.3 Å². The molecule has 72 valence electrons. The van der Waals surface area contributed by atoms with Crippen molar-refractivity contribution >= 4 is 15.8 Å². The fraction of sp³-hybridized carbons (Fsp3) is 0.250. The molecule has 0 atom stereocenters. The van der Waals surface area contributed by atoms with Crippen LogP contribution in [0.3, 0.4) is 0 Å². The van der Waals surface area contributed by atoms with Crippen LogP contribution in [0.15, 0.2) is 24.3 Å². The van der Waals surface area contributed by atoms with Crippen LogP contribution < -0.4 is 5.32 Å².